The second-order valence-corrected chi connectivity index (χ2v) is 6.57. The van der Waals surface area contributed by atoms with Crippen LogP contribution in [0.5, 0.6) is 0 Å². The molecule has 0 radical (unpaired) electrons. The highest BCUT2D eigenvalue weighted by Gasteiger charge is 2.31. The van der Waals surface area contributed by atoms with E-state index in [0.717, 1.165) is 49.6 Å². The molecule has 1 atom stereocenters. The van der Waals surface area contributed by atoms with E-state index in [1.807, 2.05) is 35.2 Å². The summed E-state index contributed by atoms with van der Waals surface area (Å²) in [5.74, 6) is 2.35. The Labute approximate surface area is 141 Å². The molecule has 2 saturated heterocycles. The van der Waals surface area contributed by atoms with E-state index in [-0.39, 0.29) is 11.8 Å². The molecule has 3 heterocycles. The Kier molecular flexibility index (Phi) is 4.30. The molecule has 1 aromatic carbocycles. The SMILES string of the molecule is O=C([C@H]1CCOC1)N1CCC(c2nc(-c3ccccc3)n[nH]2)CC1. The van der Waals surface area contributed by atoms with Crippen LogP contribution >= 0.6 is 0 Å². The first-order chi connectivity index (χ1) is 11.8. The fourth-order valence-corrected chi connectivity index (χ4v) is 3.53. The lowest BCUT2D eigenvalue weighted by Crippen LogP contribution is -2.41. The Morgan fingerprint density at radius 1 is 1.17 bits per heavy atom. The van der Waals surface area contributed by atoms with Crippen molar-refractivity contribution in [3.05, 3.63) is 36.2 Å². The number of nitrogens with zero attached hydrogens (tertiary/aromatic N) is 3. The van der Waals surface area contributed by atoms with Crippen LogP contribution in [0.25, 0.3) is 11.4 Å². The summed E-state index contributed by atoms with van der Waals surface area (Å²) in [4.78, 5) is 19.1. The number of H-pyrrole nitrogens is 1. The predicted molar refractivity (Wildman–Crippen MR) is 89.3 cm³/mol. The number of hydrogen-bond acceptors (Lipinski definition) is 4. The zero-order valence-corrected chi connectivity index (χ0v) is 13.6. The van der Waals surface area contributed by atoms with Crippen LogP contribution in [0.3, 0.4) is 0 Å². The van der Waals surface area contributed by atoms with Gasteiger partial charge in [-0.2, -0.15) is 5.10 Å². The Balaban J connectivity index is 1.38. The number of carbonyl (C=O) groups is 1. The first kappa shape index (κ1) is 15.3. The number of likely N-dealkylation sites (tertiary alicyclic amines) is 1. The number of benzene rings is 1. The van der Waals surface area contributed by atoms with Crippen LogP contribution in [0.1, 0.15) is 31.0 Å². The van der Waals surface area contributed by atoms with Crippen molar-refractivity contribution < 1.29 is 9.53 Å². The quantitative estimate of drug-likeness (QED) is 0.939. The lowest BCUT2D eigenvalue weighted by atomic mass is 9.95. The predicted octanol–water partition coefficient (Wildman–Crippen LogP) is 2.21. The minimum Gasteiger partial charge on any atom is -0.381 e. The lowest BCUT2D eigenvalue weighted by Gasteiger charge is -2.32. The van der Waals surface area contributed by atoms with E-state index >= 15 is 0 Å². The molecule has 1 aromatic heterocycles. The van der Waals surface area contributed by atoms with Gasteiger partial charge < -0.3 is 9.64 Å². The number of nitrogens with one attached hydrogen (secondary N) is 1. The van der Waals surface area contributed by atoms with Gasteiger partial charge in [0.1, 0.15) is 5.82 Å². The smallest absolute Gasteiger partial charge is 0.228 e. The Morgan fingerprint density at radius 3 is 2.67 bits per heavy atom. The van der Waals surface area contributed by atoms with Gasteiger partial charge in [0.2, 0.25) is 5.91 Å². The molecule has 0 saturated carbocycles. The van der Waals surface area contributed by atoms with Gasteiger partial charge in [-0.25, -0.2) is 4.98 Å². The zero-order chi connectivity index (χ0) is 16.4. The van der Waals surface area contributed by atoms with E-state index < -0.39 is 0 Å². The number of hydrogen-bond donors (Lipinski definition) is 1. The summed E-state index contributed by atoms with van der Waals surface area (Å²) in [5, 5.41) is 7.43. The fraction of sp³-hybridized carbons (Fsp3) is 0.500. The molecule has 6 heteroatoms. The summed E-state index contributed by atoms with van der Waals surface area (Å²) in [7, 11) is 0. The monoisotopic (exact) mass is 326 g/mol. The number of piperidine rings is 1. The summed E-state index contributed by atoms with van der Waals surface area (Å²) in [6, 6.07) is 9.99. The molecule has 2 aliphatic heterocycles. The highest BCUT2D eigenvalue weighted by Crippen LogP contribution is 2.28. The van der Waals surface area contributed by atoms with E-state index in [9.17, 15) is 4.79 Å². The summed E-state index contributed by atoms with van der Waals surface area (Å²) in [6.45, 7) is 2.89. The molecule has 126 valence electrons. The molecule has 24 heavy (non-hydrogen) atoms. The van der Waals surface area contributed by atoms with Crippen LogP contribution < -0.4 is 0 Å². The zero-order valence-electron chi connectivity index (χ0n) is 13.6. The molecule has 0 bridgehead atoms. The van der Waals surface area contributed by atoms with Crippen LogP contribution in [0, 0.1) is 5.92 Å². The van der Waals surface area contributed by atoms with Crippen molar-refractivity contribution >= 4 is 5.91 Å². The number of carbonyl (C=O) groups excluding carboxylic acids is 1. The van der Waals surface area contributed by atoms with Crippen molar-refractivity contribution in [1.29, 1.82) is 0 Å². The van der Waals surface area contributed by atoms with Gasteiger partial charge >= 0.3 is 0 Å². The molecular formula is C18H22N4O2. The average molecular weight is 326 g/mol. The molecule has 0 aliphatic carbocycles. The van der Waals surface area contributed by atoms with Crippen LogP contribution in [-0.2, 0) is 9.53 Å². The maximum absolute atomic E-state index is 12.4. The van der Waals surface area contributed by atoms with Gasteiger partial charge in [-0.3, -0.25) is 9.89 Å². The second-order valence-electron chi connectivity index (χ2n) is 6.57. The highest BCUT2D eigenvalue weighted by atomic mass is 16.5. The normalized spacial score (nSPS) is 22.0. The molecule has 0 unspecified atom stereocenters. The summed E-state index contributed by atoms with van der Waals surface area (Å²) in [6.07, 6.45) is 2.73. The third kappa shape index (κ3) is 3.06. The number of rotatable bonds is 3. The van der Waals surface area contributed by atoms with Crippen LogP contribution in [-0.4, -0.2) is 52.3 Å². The molecule has 1 amide bonds. The fourth-order valence-electron chi connectivity index (χ4n) is 3.53. The van der Waals surface area contributed by atoms with Gasteiger partial charge in [0.25, 0.3) is 0 Å². The molecule has 2 aromatic rings. The van der Waals surface area contributed by atoms with E-state index in [1.54, 1.807) is 0 Å². The highest BCUT2D eigenvalue weighted by molar-refractivity contribution is 5.79. The third-order valence-electron chi connectivity index (χ3n) is 5.01. The molecule has 1 N–H and O–H groups in total. The average Bonchev–Trinajstić information content (AvgIpc) is 3.34. The third-order valence-corrected chi connectivity index (χ3v) is 5.01. The van der Waals surface area contributed by atoms with E-state index in [2.05, 4.69) is 15.2 Å². The maximum atomic E-state index is 12.4. The molecule has 0 spiro atoms. The molecule has 6 nitrogen and oxygen atoms in total. The van der Waals surface area contributed by atoms with Gasteiger partial charge in [-0.15, -0.1) is 0 Å². The van der Waals surface area contributed by atoms with Crippen LogP contribution in [0.4, 0.5) is 0 Å². The first-order valence-corrected chi connectivity index (χ1v) is 8.65. The standard InChI is InChI=1S/C18H22N4O2/c23-18(15-8-11-24-12-15)22-9-6-14(7-10-22)17-19-16(20-21-17)13-4-2-1-3-5-13/h1-5,14-15H,6-12H2,(H,19,20,21)/t15-/m0/s1. The van der Waals surface area contributed by atoms with Crippen molar-refractivity contribution in [1.82, 2.24) is 20.1 Å². The maximum Gasteiger partial charge on any atom is 0.228 e. The lowest BCUT2D eigenvalue weighted by molar-refractivity contribution is -0.136. The van der Waals surface area contributed by atoms with Crippen molar-refractivity contribution in [2.45, 2.75) is 25.2 Å². The van der Waals surface area contributed by atoms with Crippen molar-refractivity contribution in [3.63, 3.8) is 0 Å². The van der Waals surface area contributed by atoms with Gasteiger partial charge in [0.15, 0.2) is 5.82 Å². The van der Waals surface area contributed by atoms with Crippen molar-refractivity contribution in [2.24, 2.45) is 5.92 Å². The van der Waals surface area contributed by atoms with Gasteiger partial charge in [0.05, 0.1) is 12.5 Å². The topological polar surface area (TPSA) is 71.1 Å². The minimum atomic E-state index is 0.0662. The van der Waals surface area contributed by atoms with Gasteiger partial charge in [-0.05, 0) is 19.3 Å². The van der Waals surface area contributed by atoms with Crippen molar-refractivity contribution in [3.8, 4) is 11.4 Å². The summed E-state index contributed by atoms with van der Waals surface area (Å²) >= 11 is 0. The Hall–Kier alpha value is -2.21. The van der Waals surface area contributed by atoms with Gasteiger partial charge in [0, 0.05) is 31.2 Å². The summed E-state index contributed by atoms with van der Waals surface area (Å²) in [5.41, 5.74) is 1.02. The minimum absolute atomic E-state index is 0.0662. The van der Waals surface area contributed by atoms with E-state index in [4.69, 9.17) is 4.74 Å². The van der Waals surface area contributed by atoms with E-state index in [1.165, 1.54) is 0 Å². The number of ether oxygens (including phenoxy) is 1. The second kappa shape index (κ2) is 6.73. The Morgan fingerprint density at radius 2 is 1.96 bits per heavy atom. The van der Waals surface area contributed by atoms with Crippen LogP contribution in [0.2, 0.25) is 0 Å². The first-order valence-electron chi connectivity index (χ1n) is 8.65. The van der Waals surface area contributed by atoms with Gasteiger partial charge in [-0.1, -0.05) is 30.3 Å². The molecule has 4 rings (SSSR count). The van der Waals surface area contributed by atoms with Crippen molar-refractivity contribution in [2.75, 3.05) is 26.3 Å². The molecule has 2 fully saturated rings. The summed E-state index contributed by atoms with van der Waals surface area (Å²) < 4.78 is 5.33. The largest absolute Gasteiger partial charge is 0.381 e. The Bertz CT molecular complexity index is 686. The number of aromatic nitrogens is 3. The number of amides is 1. The molecular weight excluding hydrogens is 304 g/mol. The molecule has 2 aliphatic rings. The van der Waals surface area contributed by atoms with Crippen LogP contribution in [0.15, 0.2) is 30.3 Å². The van der Waals surface area contributed by atoms with E-state index in [0.29, 0.717) is 19.1 Å². The number of aromatic amines is 1.